The molecule has 2 N–H and O–H groups in total. The molecule has 27 heavy (non-hydrogen) atoms. The Kier molecular flexibility index (Phi) is 5.83. The molecule has 0 unspecified atom stereocenters. The number of carbonyl (C=O) groups is 2. The molecule has 2 aromatic carbocycles. The number of nitrogens with one attached hydrogen (secondary N) is 2. The van der Waals surface area contributed by atoms with Crippen LogP contribution in [0.25, 0.3) is 10.8 Å². The van der Waals surface area contributed by atoms with Crippen LogP contribution in [0.2, 0.25) is 5.02 Å². The number of esters is 1. The van der Waals surface area contributed by atoms with Crippen molar-refractivity contribution < 1.29 is 14.3 Å². The Labute approximate surface area is 159 Å². The van der Waals surface area contributed by atoms with E-state index in [1.165, 1.54) is 0 Å². The number of rotatable bonds is 6. The summed E-state index contributed by atoms with van der Waals surface area (Å²) in [6.07, 6.45) is -0.158. The summed E-state index contributed by atoms with van der Waals surface area (Å²) in [7, 11) is 0. The van der Waals surface area contributed by atoms with E-state index in [-0.39, 0.29) is 18.5 Å². The minimum Gasteiger partial charge on any atom is -0.455 e. The zero-order valence-corrected chi connectivity index (χ0v) is 15.0. The van der Waals surface area contributed by atoms with E-state index in [0.29, 0.717) is 21.5 Å². The number of halogens is 1. The Bertz CT molecular complexity index is 1050. The SMILES string of the molecule is O=C(COC(=O)Cc1n[nH]c(=O)c2ccccc12)NCc1ccccc1Cl. The topological polar surface area (TPSA) is 101 Å². The normalized spacial score (nSPS) is 10.6. The maximum atomic E-state index is 12.0. The van der Waals surface area contributed by atoms with Crippen LogP contribution in [0, 0.1) is 0 Å². The van der Waals surface area contributed by atoms with Crippen LogP contribution < -0.4 is 10.9 Å². The van der Waals surface area contributed by atoms with Crippen molar-refractivity contribution in [1.82, 2.24) is 15.5 Å². The summed E-state index contributed by atoms with van der Waals surface area (Å²) in [5.74, 6) is -1.06. The third-order valence-corrected chi connectivity index (χ3v) is 4.25. The molecule has 0 spiro atoms. The van der Waals surface area contributed by atoms with Gasteiger partial charge in [-0.15, -0.1) is 0 Å². The monoisotopic (exact) mass is 385 g/mol. The third-order valence-electron chi connectivity index (χ3n) is 3.88. The summed E-state index contributed by atoms with van der Waals surface area (Å²) in [6, 6.07) is 14.0. The number of H-pyrrole nitrogens is 1. The van der Waals surface area contributed by atoms with Gasteiger partial charge in [0, 0.05) is 17.0 Å². The molecule has 0 aliphatic rings. The molecule has 0 saturated heterocycles. The molecule has 1 heterocycles. The molecule has 1 aromatic heterocycles. The van der Waals surface area contributed by atoms with Crippen LogP contribution in [0.1, 0.15) is 11.3 Å². The fourth-order valence-electron chi connectivity index (χ4n) is 2.53. The molecule has 138 valence electrons. The van der Waals surface area contributed by atoms with Gasteiger partial charge in [0.25, 0.3) is 11.5 Å². The molecule has 0 saturated carbocycles. The van der Waals surface area contributed by atoms with Crippen molar-refractivity contribution in [3.8, 4) is 0 Å². The van der Waals surface area contributed by atoms with Gasteiger partial charge in [0.05, 0.1) is 17.5 Å². The Morgan fingerprint density at radius 1 is 1.07 bits per heavy atom. The molecular weight excluding hydrogens is 370 g/mol. The largest absolute Gasteiger partial charge is 0.455 e. The lowest BCUT2D eigenvalue weighted by atomic mass is 10.1. The first kappa shape index (κ1) is 18.6. The van der Waals surface area contributed by atoms with Crippen LogP contribution in [0.5, 0.6) is 0 Å². The van der Waals surface area contributed by atoms with E-state index in [2.05, 4.69) is 15.5 Å². The fourth-order valence-corrected chi connectivity index (χ4v) is 2.73. The van der Waals surface area contributed by atoms with Crippen molar-refractivity contribution in [3.63, 3.8) is 0 Å². The number of benzene rings is 2. The molecule has 0 bridgehead atoms. The summed E-state index contributed by atoms with van der Waals surface area (Å²) >= 11 is 6.02. The number of amides is 1. The molecule has 3 aromatic rings. The van der Waals surface area contributed by atoms with Gasteiger partial charge in [0.1, 0.15) is 0 Å². The van der Waals surface area contributed by atoms with Gasteiger partial charge in [-0.2, -0.15) is 5.10 Å². The molecule has 3 rings (SSSR count). The average molecular weight is 386 g/mol. The first-order valence-electron chi connectivity index (χ1n) is 8.16. The quantitative estimate of drug-likeness (QED) is 0.632. The van der Waals surface area contributed by atoms with Gasteiger partial charge in [-0.05, 0) is 17.7 Å². The van der Waals surface area contributed by atoms with E-state index < -0.39 is 18.5 Å². The van der Waals surface area contributed by atoms with E-state index in [4.69, 9.17) is 16.3 Å². The van der Waals surface area contributed by atoms with Gasteiger partial charge in [0.15, 0.2) is 6.61 Å². The molecule has 0 radical (unpaired) electrons. The van der Waals surface area contributed by atoms with Crippen LogP contribution in [-0.4, -0.2) is 28.7 Å². The predicted octanol–water partition coefficient (Wildman–Crippen LogP) is 1.98. The van der Waals surface area contributed by atoms with Crippen molar-refractivity contribution in [3.05, 3.63) is 75.2 Å². The highest BCUT2D eigenvalue weighted by atomic mass is 35.5. The fraction of sp³-hybridized carbons (Fsp3) is 0.158. The van der Waals surface area contributed by atoms with E-state index in [1.807, 2.05) is 6.07 Å². The average Bonchev–Trinajstić information content (AvgIpc) is 2.68. The number of nitrogens with zero attached hydrogens (tertiary/aromatic N) is 1. The van der Waals surface area contributed by atoms with E-state index >= 15 is 0 Å². The van der Waals surface area contributed by atoms with Crippen molar-refractivity contribution in [2.24, 2.45) is 0 Å². The van der Waals surface area contributed by atoms with Gasteiger partial charge in [-0.3, -0.25) is 14.4 Å². The Hall–Kier alpha value is -3.19. The van der Waals surface area contributed by atoms with Crippen LogP contribution in [0.3, 0.4) is 0 Å². The minimum atomic E-state index is -0.618. The second-order valence-electron chi connectivity index (χ2n) is 5.75. The maximum Gasteiger partial charge on any atom is 0.312 e. The smallest absolute Gasteiger partial charge is 0.312 e. The molecular formula is C19H16ClN3O4. The number of hydrogen-bond donors (Lipinski definition) is 2. The van der Waals surface area contributed by atoms with Crippen LogP contribution in [0.4, 0.5) is 0 Å². The van der Waals surface area contributed by atoms with Crippen molar-refractivity contribution in [2.45, 2.75) is 13.0 Å². The number of ether oxygens (including phenoxy) is 1. The second-order valence-corrected chi connectivity index (χ2v) is 6.16. The summed E-state index contributed by atoms with van der Waals surface area (Å²) < 4.78 is 4.99. The van der Waals surface area contributed by atoms with E-state index in [0.717, 1.165) is 5.56 Å². The molecule has 1 amide bonds. The number of aromatic amines is 1. The van der Waals surface area contributed by atoms with Gasteiger partial charge in [-0.25, -0.2) is 5.10 Å². The number of hydrogen-bond acceptors (Lipinski definition) is 5. The van der Waals surface area contributed by atoms with Gasteiger partial charge in [0.2, 0.25) is 0 Å². The Morgan fingerprint density at radius 3 is 2.56 bits per heavy atom. The van der Waals surface area contributed by atoms with Crippen molar-refractivity contribution in [2.75, 3.05) is 6.61 Å². The van der Waals surface area contributed by atoms with Gasteiger partial charge in [-0.1, -0.05) is 48.0 Å². The Morgan fingerprint density at radius 2 is 1.78 bits per heavy atom. The maximum absolute atomic E-state index is 12.0. The molecule has 0 aliphatic heterocycles. The number of aromatic nitrogens is 2. The summed E-state index contributed by atoms with van der Waals surface area (Å²) in [5, 5.41) is 10.4. The molecule has 0 atom stereocenters. The van der Waals surface area contributed by atoms with Crippen LogP contribution in [0.15, 0.2) is 53.3 Å². The zero-order chi connectivity index (χ0) is 19.2. The Balaban J connectivity index is 1.54. The number of fused-ring (bicyclic) bond motifs is 1. The lowest BCUT2D eigenvalue weighted by Crippen LogP contribution is -2.29. The highest BCUT2D eigenvalue weighted by Gasteiger charge is 2.13. The highest BCUT2D eigenvalue weighted by molar-refractivity contribution is 6.31. The highest BCUT2D eigenvalue weighted by Crippen LogP contribution is 2.14. The minimum absolute atomic E-state index is 0.158. The van der Waals surface area contributed by atoms with Crippen LogP contribution >= 0.6 is 11.6 Å². The lowest BCUT2D eigenvalue weighted by molar-refractivity contribution is -0.147. The molecule has 0 aliphatic carbocycles. The third kappa shape index (κ3) is 4.71. The standard InChI is InChI=1S/C19H16ClN3O4/c20-15-8-4-1-5-12(15)10-21-17(24)11-27-18(25)9-16-13-6-2-3-7-14(13)19(26)23-22-16/h1-8H,9-11H2,(H,21,24)(H,23,26). The first-order chi connectivity index (χ1) is 13.0. The number of carbonyl (C=O) groups excluding carboxylic acids is 2. The van der Waals surface area contributed by atoms with Crippen molar-refractivity contribution >= 4 is 34.2 Å². The summed E-state index contributed by atoms with van der Waals surface area (Å²) in [4.78, 5) is 35.6. The first-order valence-corrected chi connectivity index (χ1v) is 8.54. The van der Waals surface area contributed by atoms with Crippen LogP contribution in [-0.2, 0) is 27.3 Å². The second kappa shape index (κ2) is 8.46. The summed E-state index contributed by atoms with van der Waals surface area (Å²) in [5.41, 5.74) is 0.816. The van der Waals surface area contributed by atoms with Gasteiger partial charge >= 0.3 is 5.97 Å². The zero-order valence-electron chi connectivity index (χ0n) is 14.2. The molecule has 0 fully saturated rings. The van der Waals surface area contributed by atoms with E-state index in [9.17, 15) is 14.4 Å². The lowest BCUT2D eigenvalue weighted by Gasteiger charge is -2.08. The summed E-state index contributed by atoms with van der Waals surface area (Å²) in [6.45, 7) is -0.174. The predicted molar refractivity (Wildman–Crippen MR) is 100 cm³/mol. The van der Waals surface area contributed by atoms with E-state index in [1.54, 1.807) is 42.5 Å². The molecule has 7 nitrogen and oxygen atoms in total. The van der Waals surface area contributed by atoms with Gasteiger partial charge < -0.3 is 10.1 Å². The van der Waals surface area contributed by atoms with Crippen molar-refractivity contribution in [1.29, 1.82) is 0 Å². The molecule has 8 heteroatoms.